The Morgan fingerprint density at radius 1 is 1.21 bits per heavy atom. The number of piperidine rings is 1. The molecule has 1 saturated heterocycles. The van der Waals surface area contributed by atoms with E-state index < -0.39 is 11.7 Å². The summed E-state index contributed by atoms with van der Waals surface area (Å²) < 4.78 is 39.0. The molecule has 1 fully saturated rings. The van der Waals surface area contributed by atoms with Crippen LogP contribution in [0.5, 0.6) is 0 Å². The van der Waals surface area contributed by atoms with Crippen LogP contribution in [-0.4, -0.2) is 42.2 Å². The Labute approximate surface area is 139 Å². The van der Waals surface area contributed by atoms with Crippen LogP contribution in [0.15, 0.2) is 37.0 Å². The van der Waals surface area contributed by atoms with Crippen LogP contribution in [0.1, 0.15) is 18.5 Å². The van der Waals surface area contributed by atoms with Crippen LogP contribution in [0.2, 0.25) is 0 Å². The van der Waals surface area contributed by atoms with Crippen LogP contribution in [0.25, 0.3) is 16.3 Å². The monoisotopic (exact) mass is 335 g/mol. The SMILES string of the molecule is C=C(c1nccc2c(NC3CCN(C)CC3)cccc12)C(F)(F)F. The Kier molecular flexibility index (Phi) is 4.49. The Hall–Kier alpha value is -2.08. The number of pyridine rings is 1. The van der Waals surface area contributed by atoms with Crippen molar-refractivity contribution in [2.75, 3.05) is 25.5 Å². The van der Waals surface area contributed by atoms with Crippen molar-refractivity contribution < 1.29 is 13.2 Å². The number of benzene rings is 1. The van der Waals surface area contributed by atoms with E-state index >= 15 is 0 Å². The maximum Gasteiger partial charge on any atom is 0.417 e. The maximum absolute atomic E-state index is 13.0. The zero-order valence-corrected chi connectivity index (χ0v) is 13.5. The van der Waals surface area contributed by atoms with E-state index in [-0.39, 0.29) is 5.69 Å². The molecule has 1 aliphatic rings. The molecule has 1 aromatic heterocycles. The molecule has 2 aromatic rings. The molecule has 1 N–H and O–H groups in total. The predicted molar refractivity (Wildman–Crippen MR) is 91.0 cm³/mol. The number of halogens is 3. The highest BCUT2D eigenvalue weighted by atomic mass is 19.4. The van der Waals surface area contributed by atoms with Gasteiger partial charge in [0.1, 0.15) is 0 Å². The molecule has 0 amide bonds. The minimum atomic E-state index is -4.49. The van der Waals surface area contributed by atoms with Crippen molar-refractivity contribution in [3.05, 3.63) is 42.7 Å². The highest BCUT2D eigenvalue weighted by Crippen LogP contribution is 2.36. The van der Waals surface area contributed by atoms with Gasteiger partial charge >= 0.3 is 6.18 Å². The van der Waals surface area contributed by atoms with Crippen molar-refractivity contribution in [1.29, 1.82) is 0 Å². The van der Waals surface area contributed by atoms with E-state index in [4.69, 9.17) is 0 Å². The summed E-state index contributed by atoms with van der Waals surface area (Å²) in [5.74, 6) is 0. The van der Waals surface area contributed by atoms with E-state index in [2.05, 4.69) is 28.8 Å². The molecule has 1 aliphatic heterocycles. The fourth-order valence-corrected chi connectivity index (χ4v) is 3.08. The number of nitrogens with zero attached hydrogens (tertiary/aromatic N) is 2. The molecular formula is C18H20F3N3. The molecule has 3 rings (SSSR count). The molecule has 0 saturated carbocycles. The highest BCUT2D eigenvalue weighted by Gasteiger charge is 2.34. The molecule has 2 heterocycles. The van der Waals surface area contributed by atoms with Crippen LogP contribution in [0.3, 0.4) is 0 Å². The lowest BCUT2D eigenvalue weighted by atomic mass is 10.0. The Morgan fingerprint density at radius 3 is 2.58 bits per heavy atom. The number of aromatic nitrogens is 1. The number of hydrogen-bond acceptors (Lipinski definition) is 3. The quantitative estimate of drug-likeness (QED) is 0.906. The van der Waals surface area contributed by atoms with Crippen molar-refractivity contribution in [2.24, 2.45) is 0 Å². The van der Waals surface area contributed by atoms with E-state index in [0.717, 1.165) is 37.0 Å². The van der Waals surface area contributed by atoms with Gasteiger partial charge in [-0.15, -0.1) is 0 Å². The number of nitrogens with one attached hydrogen (secondary N) is 1. The lowest BCUT2D eigenvalue weighted by Gasteiger charge is -2.30. The van der Waals surface area contributed by atoms with Gasteiger partial charge in [0, 0.05) is 28.7 Å². The van der Waals surface area contributed by atoms with Gasteiger partial charge in [-0.2, -0.15) is 13.2 Å². The smallest absolute Gasteiger partial charge is 0.382 e. The first kappa shape index (κ1) is 16.8. The first-order valence-electron chi connectivity index (χ1n) is 7.95. The number of allylic oxidation sites excluding steroid dienone is 1. The van der Waals surface area contributed by atoms with Crippen molar-refractivity contribution >= 4 is 22.0 Å². The Bertz CT molecular complexity index is 747. The summed E-state index contributed by atoms with van der Waals surface area (Å²) in [7, 11) is 2.09. The van der Waals surface area contributed by atoms with E-state index in [1.807, 2.05) is 6.07 Å². The standard InChI is InChI=1S/C18H20F3N3/c1-12(18(19,20)21)17-15-4-3-5-16(14(15)6-9-22-17)23-13-7-10-24(2)11-8-13/h3-6,9,13,23H,1,7-8,10-11H2,2H3. The van der Waals surface area contributed by atoms with Crippen molar-refractivity contribution in [3.63, 3.8) is 0 Å². The molecule has 128 valence electrons. The van der Waals surface area contributed by atoms with Gasteiger partial charge in [-0.05, 0) is 45.1 Å². The molecular weight excluding hydrogens is 315 g/mol. The third-order valence-electron chi connectivity index (χ3n) is 4.51. The lowest BCUT2D eigenvalue weighted by molar-refractivity contribution is -0.0688. The average molecular weight is 335 g/mol. The van der Waals surface area contributed by atoms with Crippen LogP contribution < -0.4 is 5.32 Å². The van der Waals surface area contributed by atoms with Crippen molar-refractivity contribution in [3.8, 4) is 0 Å². The molecule has 3 nitrogen and oxygen atoms in total. The first-order chi connectivity index (χ1) is 11.4. The summed E-state index contributed by atoms with van der Waals surface area (Å²) in [5.41, 5.74) is -0.169. The molecule has 6 heteroatoms. The van der Waals surface area contributed by atoms with Crippen LogP contribution in [-0.2, 0) is 0 Å². The maximum atomic E-state index is 13.0. The second-order valence-electron chi connectivity index (χ2n) is 6.26. The van der Waals surface area contributed by atoms with Gasteiger partial charge in [0.25, 0.3) is 0 Å². The minimum Gasteiger partial charge on any atom is -0.382 e. The van der Waals surface area contributed by atoms with Gasteiger partial charge in [0.2, 0.25) is 0 Å². The number of anilines is 1. The van der Waals surface area contributed by atoms with Gasteiger partial charge in [-0.3, -0.25) is 4.98 Å². The highest BCUT2D eigenvalue weighted by molar-refractivity contribution is 5.99. The molecule has 0 unspecified atom stereocenters. The zero-order chi connectivity index (χ0) is 17.3. The normalized spacial score (nSPS) is 17.2. The summed E-state index contributed by atoms with van der Waals surface area (Å²) in [5, 5.41) is 4.70. The van der Waals surface area contributed by atoms with Crippen LogP contribution >= 0.6 is 0 Å². The summed E-state index contributed by atoms with van der Waals surface area (Å²) in [6.07, 6.45) is -1.05. The zero-order valence-electron chi connectivity index (χ0n) is 13.5. The van der Waals surface area contributed by atoms with Gasteiger partial charge in [-0.25, -0.2) is 0 Å². The number of rotatable bonds is 3. The predicted octanol–water partition coefficient (Wildman–Crippen LogP) is 4.32. The van der Waals surface area contributed by atoms with Crippen LogP contribution in [0, 0.1) is 0 Å². The minimum absolute atomic E-state index is 0.105. The summed E-state index contributed by atoms with van der Waals surface area (Å²) >= 11 is 0. The Morgan fingerprint density at radius 2 is 1.92 bits per heavy atom. The second kappa shape index (κ2) is 6.43. The second-order valence-corrected chi connectivity index (χ2v) is 6.26. The molecule has 1 aromatic carbocycles. The summed E-state index contributed by atoms with van der Waals surface area (Å²) in [6.45, 7) is 5.21. The number of hydrogen-bond donors (Lipinski definition) is 1. The van der Waals surface area contributed by atoms with E-state index in [0.29, 0.717) is 11.4 Å². The number of fused-ring (bicyclic) bond motifs is 1. The molecule has 0 spiro atoms. The lowest BCUT2D eigenvalue weighted by Crippen LogP contribution is -2.36. The van der Waals surface area contributed by atoms with E-state index in [1.165, 1.54) is 6.20 Å². The third-order valence-corrected chi connectivity index (χ3v) is 4.51. The summed E-state index contributed by atoms with van der Waals surface area (Å²) in [6, 6.07) is 7.40. The molecule has 0 radical (unpaired) electrons. The molecule has 0 bridgehead atoms. The number of alkyl halides is 3. The van der Waals surface area contributed by atoms with Crippen molar-refractivity contribution in [2.45, 2.75) is 25.1 Å². The Balaban J connectivity index is 1.95. The molecule has 24 heavy (non-hydrogen) atoms. The first-order valence-corrected chi connectivity index (χ1v) is 7.95. The van der Waals surface area contributed by atoms with Gasteiger partial charge in [-0.1, -0.05) is 18.7 Å². The fraction of sp³-hybridized carbons (Fsp3) is 0.389. The van der Waals surface area contributed by atoms with Gasteiger partial charge < -0.3 is 10.2 Å². The van der Waals surface area contributed by atoms with Crippen molar-refractivity contribution in [1.82, 2.24) is 9.88 Å². The number of likely N-dealkylation sites (tertiary alicyclic amines) is 1. The third kappa shape index (κ3) is 3.38. The fourth-order valence-electron chi connectivity index (χ4n) is 3.08. The van der Waals surface area contributed by atoms with E-state index in [9.17, 15) is 13.2 Å². The van der Waals surface area contributed by atoms with E-state index in [1.54, 1.807) is 18.2 Å². The summed E-state index contributed by atoms with van der Waals surface area (Å²) in [4.78, 5) is 6.19. The van der Waals surface area contributed by atoms with Gasteiger partial charge in [0.05, 0.1) is 11.3 Å². The molecule has 0 atom stereocenters. The average Bonchev–Trinajstić information content (AvgIpc) is 2.55. The van der Waals surface area contributed by atoms with Gasteiger partial charge in [0.15, 0.2) is 0 Å². The molecule has 0 aliphatic carbocycles. The largest absolute Gasteiger partial charge is 0.417 e. The van der Waals surface area contributed by atoms with Crippen LogP contribution in [0.4, 0.5) is 18.9 Å². The topological polar surface area (TPSA) is 28.2 Å².